The molecule has 0 unspecified atom stereocenters. The molecule has 2 heterocycles. The summed E-state index contributed by atoms with van der Waals surface area (Å²) in [6, 6.07) is 12.6. The quantitative estimate of drug-likeness (QED) is 0.229. The summed E-state index contributed by atoms with van der Waals surface area (Å²) in [6.07, 6.45) is 4.40. The topological polar surface area (TPSA) is 130 Å². The number of allylic oxidation sites excluding steroid dienone is 1. The maximum Gasteiger partial charge on any atom is 0.271 e. The molecule has 2 amide bonds. The van der Waals surface area contributed by atoms with Crippen LogP contribution >= 0.6 is 0 Å². The second-order valence-electron chi connectivity index (χ2n) is 10.1. The van der Waals surface area contributed by atoms with Crippen molar-refractivity contribution < 1.29 is 29.5 Å². The predicted molar refractivity (Wildman–Crippen MR) is 140 cm³/mol. The fourth-order valence-corrected chi connectivity index (χ4v) is 6.09. The van der Waals surface area contributed by atoms with E-state index < -0.39 is 16.8 Å². The Hall–Kier alpha value is -3.82. The number of rotatable bonds is 8. The van der Waals surface area contributed by atoms with E-state index in [1.54, 1.807) is 12.1 Å². The van der Waals surface area contributed by atoms with E-state index in [2.05, 4.69) is 13.0 Å². The third-order valence-electron chi connectivity index (χ3n) is 7.94. The molecule has 4 atom stereocenters. The number of aliphatic hydroxyl groups is 1. The number of benzene rings is 2. The number of fused-ring (bicyclic) bond motifs is 3. The zero-order valence-electron chi connectivity index (χ0n) is 21.1. The van der Waals surface area contributed by atoms with Crippen molar-refractivity contribution in [1.29, 1.82) is 0 Å². The highest BCUT2D eigenvalue weighted by atomic mass is 16.6. The lowest BCUT2D eigenvalue weighted by Crippen LogP contribution is -2.35. The van der Waals surface area contributed by atoms with Gasteiger partial charge in [-0.1, -0.05) is 36.8 Å². The number of non-ortho nitro benzene ring substituents is 1. The summed E-state index contributed by atoms with van der Waals surface area (Å²) in [5.74, 6) is -2.10. The van der Waals surface area contributed by atoms with E-state index in [1.165, 1.54) is 29.8 Å². The molecule has 0 radical (unpaired) electrons. The summed E-state index contributed by atoms with van der Waals surface area (Å²) in [6.45, 7) is 2.16. The number of amides is 2. The molecule has 9 nitrogen and oxygen atoms in total. The number of ether oxygens (including phenoxy) is 1. The smallest absolute Gasteiger partial charge is 0.271 e. The van der Waals surface area contributed by atoms with Gasteiger partial charge in [-0.2, -0.15) is 0 Å². The van der Waals surface area contributed by atoms with E-state index in [4.69, 9.17) is 4.74 Å². The molecule has 2 N–H and O–H groups in total. The lowest BCUT2D eigenvalue weighted by molar-refractivity contribution is -0.384. The normalized spacial score (nSPS) is 25.1. The molecule has 0 spiro atoms. The molecule has 5 rings (SSSR count). The van der Waals surface area contributed by atoms with Crippen molar-refractivity contribution in [1.82, 2.24) is 0 Å². The third kappa shape index (κ3) is 4.63. The fraction of sp³-hybridized carbons (Fsp3) is 0.379. The largest absolute Gasteiger partial charge is 0.508 e. The van der Waals surface area contributed by atoms with Crippen LogP contribution in [0, 0.1) is 27.9 Å². The van der Waals surface area contributed by atoms with Crippen molar-refractivity contribution in [3.05, 3.63) is 80.9 Å². The summed E-state index contributed by atoms with van der Waals surface area (Å²) in [5, 5.41) is 31.0. The molecule has 2 aromatic rings. The van der Waals surface area contributed by atoms with Crippen LogP contribution in [0.4, 0.5) is 11.4 Å². The van der Waals surface area contributed by atoms with Crippen LogP contribution in [0.1, 0.15) is 38.2 Å². The van der Waals surface area contributed by atoms with Crippen LogP contribution in [0.15, 0.2) is 65.3 Å². The van der Waals surface area contributed by atoms with Crippen molar-refractivity contribution >= 4 is 29.3 Å². The number of hydrogen-bond donors (Lipinski definition) is 2. The van der Waals surface area contributed by atoms with Gasteiger partial charge in [0.15, 0.2) is 0 Å². The highest BCUT2D eigenvalue weighted by Crippen LogP contribution is 2.50. The van der Waals surface area contributed by atoms with Crippen LogP contribution < -0.4 is 4.90 Å². The standard InChI is InChI=1S/C29H30N2O7/c1-2-17(12-18-6-9-22(33)10-7-18)8-11-25-26-19(15-32)13-23-27(24(26)16-38-25)29(35)30(28(23)34)20-4-3-5-21(14-20)31(36)37/h3-7,9-10,12,14,23-25,27,32-33H,2,8,11,13,15-16H2,1H3/b17-12+/t23-,24+,25-,27-/m1/s1. The van der Waals surface area contributed by atoms with Gasteiger partial charge in [0.1, 0.15) is 5.75 Å². The number of nitrogens with zero attached hydrogens (tertiary/aromatic N) is 2. The molecule has 198 valence electrons. The number of nitro benzene ring substituents is 1. The summed E-state index contributed by atoms with van der Waals surface area (Å²) >= 11 is 0. The average Bonchev–Trinajstić information content (AvgIpc) is 3.45. The van der Waals surface area contributed by atoms with Crippen LogP contribution in [0.5, 0.6) is 5.75 Å². The van der Waals surface area contributed by atoms with Crippen LogP contribution in [-0.2, 0) is 14.3 Å². The zero-order valence-corrected chi connectivity index (χ0v) is 21.1. The third-order valence-corrected chi connectivity index (χ3v) is 7.94. The highest BCUT2D eigenvalue weighted by Gasteiger charge is 2.57. The average molecular weight is 519 g/mol. The van der Waals surface area contributed by atoms with E-state index in [0.717, 1.165) is 34.5 Å². The maximum absolute atomic E-state index is 13.6. The van der Waals surface area contributed by atoms with Gasteiger partial charge in [-0.05, 0) is 60.6 Å². The van der Waals surface area contributed by atoms with Crippen LogP contribution in [-0.4, -0.2) is 46.3 Å². The second-order valence-corrected chi connectivity index (χ2v) is 10.1. The van der Waals surface area contributed by atoms with Gasteiger partial charge in [0.05, 0.1) is 41.8 Å². The van der Waals surface area contributed by atoms with Crippen molar-refractivity contribution in [3.63, 3.8) is 0 Å². The van der Waals surface area contributed by atoms with E-state index in [0.29, 0.717) is 6.42 Å². The number of nitro groups is 1. The lowest BCUT2D eigenvalue weighted by Gasteiger charge is -2.31. The Kier molecular flexibility index (Phi) is 7.14. The Bertz CT molecular complexity index is 1330. The number of carbonyl (C=O) groups is 2. The fourth-order valence-electron chi connectivity index (χ4n) is 6.09. The molecular formula is C29H30N2O7. The van der Waals surface area contributed by atoms with Crippen LogP contribution in [0.3, 0.4) is 0 Å². The Labute approximate surface area is 220 Å². The van der Waals surface area contributed by atoms with Crippen molar-refractivity contribution in [3.8, 4) is 5.75 Å². The first-order chi connectivity index (χ1) is 18.3. The number of aromatic hydroxyl groups is 1. The van der Waals surface area contributed by atoms with Gasteiger partial charge in [-0.3, -0.25) is 19.7 Å². The summed E-state index contributed by atoms with van der Waals surface area (Å²) in [7, 11) is 0. The second kappa shape index (κ2) is 10.5. The molecule has 0 bridgehead atoms. The summed E-state index contributed by atoms with van der Waals surface area (Å²) < 4.78 is 6.18. The Morgan fingerprint density at radius 3 is 2.61 bits per heavy atom. The van der Waals surface area contributed by atoms with Gasteiger partial charge < -0.3 is 14.9 Å². The SMILES string of the molecule is CC/C(=C\c1ccc(O)cc1)CC[C@H]1OC[C@H]2C1=C(CO)C[C@H]1C(=O)N(c3cccc([N+](=O)[O-])c3)C(=O)[C@H]12. The molecular weight excluding hydrogens is 488 g/mol. The predicted octanol–water partition coefficient (Wildman–Crippen LogP) is 4.39. The zero-order chi connectivity index (χ0) is 27.0. The maximum atomic E-state index is 13.6. The van der Waals surface area contributed by atoms with Crippen LogP contribution in [0.2, 0.25) is 0 Å². The molecule has 38 heavy (non-hydrogen) atoms. The minimum absolute atomic E-state index is 0.191. The molecule has 0 saturated carbocycles. The molecule has 3 aliphatic rings. The number of phenolic OH excluding ortho intramolecular Hbond substituents is 1. The first-order valence-electron chi connectivity index (χ1n) is 12.9. The molecule has 9 heteroatoms. The molecule has 1 aliphatic carbocycles. The van der Waals surface area contributed by atoms with Gasteiger partial charge in [0, 0.05) is 18.1 Å². The highest BCUT2D eigenvalue weighted by molar-refractivity contribution is 6.22. The molecule has 2 aliphatic heterocycles. The number of aliphatic hydroxyl groups excluding tert-OH is 1. The monoisotopic (exact) mass is 518 g/mol. The summed E-state index contributed by atoms with van der Waals surface area (Å²) in [4.78, 5) is 38.7. The van der Waals surface area contributed by atoms with Crippen molar-refractivity contribution in [2.24, 2.45) is 17.8 Å². The van der Waals surface area contributed by atoms with E-state index >= 15 is 0 Å². The number of imide groups is 1. The van der Waals surface area contributed by atoms with E-state index in [-0.39, 0.29) is 60.6 Å². The number of hydrogen-bond acceptors (Lipinski definition) is 7. The molecule has 2 saturated heterocycles. The first kappa shape index (κ1) is 25.8. The molecule has 0 aromatic heterocycles. The number of anilines is 1. The van der Waals surface area contributed by atoms with Crippen molar-refractivity contribution in [2.45, 2.75) is 38.7 Å². The minimum Gasteiger partial charge on any atom is -0.508 e. The van der Waals surface area contributed by atoms with Gasteiger partial charge >= 0.3 is 0 Å². The van der Waals surface area contributed by atoms with Gasteiger partial charge in [0.25, 0.3) is 5.69 Å². The van der Waals surface area contributed by atoms with Gasteiger partial charge in [-0.25, -0.2) is 4.90 Å². The van der Waals surface area contributed by atoms with E-state index in [1.807, 2.05) is 12.1 Å². The van der Waals surface area contributed by atoms with E-state index in [9.17, 15) is 29.9 Å². The van der Waals surface area contributed by atoms with Gasteiger partial charge in [-0.15, -0.1) is 0 Å². The number of phenols is 1. The summed E-state index contributed by atoms with van der Waals surface area (Å²) in [5.41, 5.74) is 3.89. The van der Waals surface area contributed by atoms with Crippen LogP contribution in [0.25, 0.3) is 6.08 Å². The molecule has 2 fully saturated rings. The van der Waals surface area contributed by atoms with Gasteiger partial charge in [0.2, 0.25) is 11.8 Å². The lowest BCUT2D eigenvalue weighted by atomic mass is 9.69. The van der Waals surface area contributed by atoms with Crippen molar-refractivity contribution in [2.75, 3.05) is 18.1 Å². The Morgan fingerprint density at radius 2 is 1.92 bits per heavy atom. The Balaban J connectivity index is 1.37. The first-order valence-corrected chi connectivity index (χ1v) is 12.9. The number of carbonyl (C=O) groups excluding carboxylic acids is 2. The molecule has 2 aromatic carbocycles. The minimum atomic E-state index is -0.624. The Morgan fingerprint density at radius 1 is 1.16 bits per heavy atom.